The van der Waals surface area contributed by atoms with Gasteiger partial charge < -0.3 is 15.2 Å². The molecule has 0 saturated heterocycles. The Kier molecular flexibility index (Phi) is 3.64. The minimum Gasteiger partial charge on any atom is -0.378 e. The Morgan fingerprint density at radius 3 is 2.62 bits per heavy atom. The number of nitrogens with one attached hydrogen (secondary N) is 2. The van der Waals surface area contributed by atoms with Crippen LogP contribution in [-0.4, -0.2) is 30.6 Å². The average Bonchev–Trinajstić information content (AvgIpc) is 2.71. The molecule has 3 rings (SSSR count). The normalized spacial score (nSPS) is 14.0. The molecule has 0 bridgehead atoms. The highest BCUT2D eigenvalue weighted by Crippen LogP contribution is 2.29. The highest BCUT2D eigenvalue weighted by molar-refractivity contribution is 5.70. The molecule has 1 aromatic heterocycles. The number of benzene rings is 1. The Hall–Kier alpha value is -2.30. The van der Waals surface area contributed by atoms with E-state index in [-0.39, 0.29) is 5.69 Å². The number of aromatic amines is 1. The van der Waals surface area contributed by atoms with Crippen LogP contribution in [0.3, 0.4) is 0 Å². The standard InChI is InChI=1S/C16H20N4O/c1-20(2)12-8-6-11(7-9-12)14-13-5-3-4-10-17-15(13)19-16(21)18-14/h6-9H,3-5,10H2,1-2H3,(H2,17,18,19,21). The van der Waals surface area contributed by atoms with Gasteiger partial charge in [0.2, 0.25) is 0 Å². The molecule has 1 aromatic carbocycles. The highest BCUT2D eigenvalue weighted by atomic mass is 16.1. The molecular formula is C16H20N4O. The van der Waals surface area contributed by atoms with E-state index in [0.29, 0.717) is 0 Å². The lowest BCUT2D eigenvalue weighted by atomic mass is 10.0. The maximum Gasteiger partial charge on any atom is 0.347 e. The van der Waals surface area contributed by atoms with Crippen LogP contribution in [0.15, 0.2) is 29.1 Å². The Bertz CT molecular complexity index is 688. The van der Waals surface area contributed by atoms with E-state index in [0.717, 1.165) is 54.1 Å². The Labute approximate surface area is 124 Å². The van der Waals surface area contributed by atoms with E-state index in [9.17, 15) is 4.79 Å². The predicted molar refractivity (Wildman–Crippen MR) is 86.0 cm³/mol. The molecule has 0 amide bonds. The van der Waals surface area contributed by atoms with Gasteiger partial charge in [-0.15, -0.1) is 0 Å². The number of aromatic nitrogens is 2. The summed E-state index contributed by atoms with van der Waals surface area (Å²) in [6, 6.07) is 8.22. The molecule has 1 aliphatic rings. The van der Waals surface area contributed by atoms with E-state index < -0.39 is 0 Å². The molecule has 110 valence electrons. The van der Waals surface area contributed by atoms with Crippen LogP contribution in [-0.2, 0) is 6.42 Å². The van der Waals surface area contributed by atoms with Crippen LogP contribution in [0.2, 0.25) is 0 Å². The molecule has 0 radical (unpaired) electrons. The summed E-state index contributed by atoms with van der Waals surface area (Å²) in [4.78, 5) is 20.8. The lowest BCUT2D eigenvalue weighted by Crippen LogP contribution is -2.17. The molecule has 2 aromatic rings. The van der Waals surface area contributed by atoms with Crippen molar-refractivity contribution >= 4 is 11.5 Å². The fraction of sp³-hybridized carbons (Fsp3) is 0.375. The molecule has 5 nitrogen and oxygen atoms in total. The van der Waals surface area contributed by atoms with Gasteiger partial charge in [0.1, 0.15) is 5.82 Å². The van der Waals surface area contributed by atoms with Crippen molar-refractivity contribution in [3.63, 3.8) is 0 Å². The number of hydrogen-bond donors (Lipinski definition) is 2. The zero-order chi connectivity index (χ0) is 14.8. The van der Waals surface area contributed by atoms with Crippen molar-refractivity contribution in [1.82, 2.24) is 9.97 Å². The summed E-state index contributed by atoms with van der Waals surface area (Å²) in [7, 11) is 4.03. The molecule has 2 N–H and O–H groups in total. The molecule has 5 heteroatoms. The second-order valence-electron chi connectivity index (χ2n) is 5.57. The number of H-pyrrole nitrogens is 1. The third-order valence-electron chi connectivity index (χ3n) is 3.85. The molecule has 0 spiro atoms. The lowest BCUT2D eigenvalue weighted by molar-refractivity contribution is 0.785. The van der Waals surface area contributed by atoms with Crippen molar-refractivity contribution in [3.05, 3.63) is 40.3 Å². The van der Waals surface area contributed by atoms with E-state index in [1.54, 1.807) is 0 Å². The van der Waals surface area contributed by atoms with E-state index >= 15 is 0 Å². The number of rotatable bonds is 2. The van der Waals surface area contributed by atoms with Gasteiger partial charge in [0.25, 0.3) is 0 Å². The molecule has 1 aliphatic heterocycles. The summed E-state index contributed by atoms with van der Waals surface area (Å²) in [6.07, 6.45) is 3.15. The maximum absolute atomic E-state index is 11.8. The largest absolute Gasteiger partial charge is 0.378 e. The summed E-state index contributed by atoms with van der Waals surface area (Å²) in [5.41, 5.74) is 3.88. The fourth-order valence-corrected chi connectivity index (χ4v) is 2.69. The summed E-state index contributed by atoms with van der Waals surface area (Å²) < 4.78 is 0. The number of nitrogens with zero attached hydrogens (tertiary/aromatic N) is 2. The lowest BCUT2D eigenvalue weighted by Gasteiger charge is -2.15. The summed E-state index contributed by atoms with van der Waals surface area (Å²) in [6.45, 7) is 0.877. The van der Waals surface area contributed by atoms with Gasteiger partial charge in [-0.25, -0.2) is 4.79 Å². The first-order chi connectivity index (χ1) is 10.1. The second-order valence-corrected chi connectivity index (χ2v) is 5.57. The maximum atomic E-state index is 11.8. The minimum absolute atomic E-state index is 0.296. The SMILES string of the molecule is CN(C)c1ccc(-c2[nH]c(=O)nc3c2CCCCN3)cc1. The van der Waals surface area contributed by atoms with Gasteiger partial charge >= 0.3 is 5.69 Å². The Morgan fingerprint density at radius 1 is 1.14 bits per heavy atom. The molecule has 0 saturated carbocycles. The number of hydrogen-bond acceptors (Lipinski definition) is 4. The highest BCUT2D eigenvalue weighted by Gasteiger charge is 2.16. The van der Waals surface area contributed by atoms with E-state index in [1.807, 2.05) is 26.2 Å². The second kappa shape index (κ2) is 5.60. The van der Waals surface area contributed by atoms with Crippen LogP contribution < -0.4 is 15.9 Å². The molecule has 21 heavy (non-hydrogen) atoms. The van der Waals surface area contributed by atoms with Crippen molar-refractivity contribution in [2.24, 2.45) is 0 Å². The molecular weight excluding hydrogens is 264 g/mol. The van der Waals surface area contributed by atoms with E-state index in [4.69, 9.17) is 0 Å². The third kappa shape index (κ3) is 2.77. The zero-order valence-electron chi connectivity index (χ0n) is 12.4. The van der Waals surface area contributed by atoms with Crippen LogP contribution in [0.4, 0.5) is 11.5 Å². The van der Waals surface area contributed by atoms with Gasteiger partial charge in [-0.1, -0.05) is 12.1 Å². The fourth-order valence-electron chi connectivity index (χ4n) is 2.69. The van der Waals surface area contributed by atoms with Crippen LogP contribution in [0.1, 0.15) is 18.4 Å². The predicted octanol–water partition coefficient (Wildman–Crippen LogP) is 2.25. The smallest absolute Gasteiger partial charge is 0.347 e. The van der Waals surface area contributed by atoms with E-state index in [2.05, 4.69) is 32.3 Å². The van der Waals surface area contributed by atoms with Crippen molar-refractivity contribution in [2.75, 3.05) is 30.9 Å². The molecule has 0 atom stereocenters. The van der Waals surface area contributed by atoms with Crippen molar-refractivity contribution in [3.8, 4) is 11.3 Å². The van der Waals surface area contributed by atoms with Gasteiger partial charge in [-0.05, 0) is 37.0 Å². The summed E-state index contributed by atoms with van der Waals surface area (Å²) in [5.74, 6) is 0.739. The third-order valence-corrected chi connectivity index (χ3v) is 3.85. The first-order valence-electron chi connectivity index (χ1n) is 7.30. The van der Waals surface area contributed by atoms with Crippen LogP contribution in [0, 0.1) is 0 Å². The van der Waals surface area contributed by atoms with Crippen LogP contribution >= 0.6 is 0 Å². The van der Waals surface area contributed by atoms with Crippen molar-refractivity contribution in [1.29, 1.82) is 0 Å². The van der Waals surface area contributed by atoms with Gasteiger partial charge in [0.05, 0.1) is 5.69 Å². The Morgan fingerprint density at radius 2 is 1.90 bits per heavy atom. The Balaban J connectivity index is 2.09. The molecule has 2 heterocycles. The first-order valence-corrected chi connectivity index (χ1v) is 7.30. The van der Waals surface area contributed by atoms with Gasteiger partial charge in [0, 0.05) is 31.9 Å². The average molecular weight is 284 g/mol. The van der Waals surface area contributed by atoms with Gasteiger partial charge in [-0.3, -0.25) is 0 Å². The quantitative estimate of drug-likeness (QED) is 0.888. The monoisotopic (exact) mass is 284 g/mol. The summed E-state index contributed by atoms with van der Waals surface area (Å²) >= 11 is 0. The molecule has 0 aliphatic carbocycles. The van der Waals surface area contributed by atoms with Gasteiger partial charge in [0.15, 0.2) is 0 Å². The van der Waals surface area contributed by atoms with Crippen molar-refractivity contribution < 1.29 is 0 Å². The number of fused-ring (bicyclic) bond motifs is 1. The minimum atomic E-state index is -0.296. The first kappa shape index (κ1) is 13.7. The van der Waals surface area contributed by atoms with Crippen molar-refractivity contribution in [2.45, 2.75) is 19.3 Å². The molecule has 0 unspecified atom stereocenters. The van der Waals surface area contributed by atoms with Crippen LogP contribution in [0.5, 0.6) is 0 Å². The zero-order valence-corrected chi connectivity index (χ0v) is 12.4. The van der Waals surface area contributed by atoms with Gasteiger partial charge in [-0.2, -0.15) is 4.98 Å². The van der Waals surface area contributed by atoms with Crippen LogP contribution in [0.25, 0.3) is 11.3 Å². The summed E-state index contributed by atoms with van der Waals surface area (Å²) in [5, 5.41) is 3.27. The number of anilines is 2. The van der Waals surface area contributed by atoms with E-state index in [1.165, 1.54) is 0 Å². The topological polar surface area (TPSA) is 61.0 Å². The molecule has 0 fully saturated rings.